The van der Waals surface area contributed by atoms with Gasteiger partial charge < -0.3 is 10.8 Å². The van der Waals surface area contributed by atoms with E-state index in [1.807, 2.05) is 4.90 Å². The number of carboxylic acid groups (broad SMARTS) is 1. The van der Waals surface area contributed by atoms with E-state index >= 15 is 0 Å². The van der Waals surface area contributed by atoms with Crippen molar-refractivity contribution in [2.45, 2.75) is 18.8 Å². The summed E-state index contributed by atoms with van der Waals surface area (Å²) in [5, 5.41) is 9.09. The number of aliphatic carboxylic acids is 1. The minimum absolute atomic E-state index is 0.0637. The standard InChI is InChI=1S/C15H20F3N3O2/c16-15(17,18)12-3-1-11(2-4-12)10-20-5-7-21(8-6-20)13(9-19)14(22)23/h1-4,13H,5-10,19H2,(H,22,23). The molecule has 1 fully saturated rings. The molecular formula is C15H20F3N3O2. The molecule has 0 spiro atoms. The first-order valence-corrected chi connectivity index (χ1v) is 7.36. The first-order valence-electron chi connectivity index (χ1n) is 7.36. The molecule has 0 aromatic heterocycles. The van der Waals surface area contributed by atoms with E-state index in [2.05, 4.69) is 4.90 Å². The molecule has 23 heavy (non-hydrogen) atoms. The molecule has 1 aromatic rings. The van der Waals surface area contributed by atoms with Crippen LogP contribution >= 0.6 is 0 Å². The highest BCUT2D eigenvalue weighted by atomic mass is 19.4. The van der Waals surface area contributed by atoms with Crippen LogP contribution in [-0.2, 0) is 17.5 Å². The molecule has 128 valence electrons. The quantitative estimate of drug-likeness (QED) is 0.849. The fourth-order valence-corrected chi connectivity index (χ4v) is 2.70. The summed E-state index contributed by atoms with van der Waals surface area (Å²) in [6.07, 6.45) is -4.32. The summed E-state index contributed by atoms with van der Waals surface area (Å²) < 4.78 is 37.6. The lowest BCUT2D eigenvalue weighted by atomic mass is 10.1. The molecule has 1 unspecified atom stereocenters. The summed E-state index contributed by atoms with van der Waals surface area (Å²) in [6.45, 7) is 3.08. The second-order valence-corrected chi connectivity index (χ2v) is 5.60. The van der Waals surface area contributed by atoms with E-state index in [-0.39, 0.29) is 6.54 Å². The summed E-state index contributed by atoms with van der Waals surface area (Å²) in [5.41, 5.74) is 5.64. The Morgan fingerprint density at radius 2 is 1.74 bits per heavy atom. The molecule has 1 aliphatic heterocycles. The maximum absolute atomic E-state index is 12.5. The fourth-order valence-electron chi connectivity index (χ4n) is 2.70. The molecule has 0 radical (unpaired) electrons. The van der Waals surface area contributed by atoms with Gasteiger partial charge in [-0.1, -0.05) is 12.1 Å². The number of hydrogen-bond donors (Lipinski definition) is 2. The molecule has 0 bridgehead atoms. The van der Waals surface area contributed by atoms with Crippen molar-refractivity contribution in [3.05, 3.63) is 35.4 Å². The number of carboxylic acids is 1. The topological polar surface area (TPSA) is 69.8 Å². The first-order chi connectivity index (χ1) is 10.8. The van der Waals surface area contributed by atoms with Crippen LogP contribution in [-0.4, -0.2) is 59.6 Å². The molecule has 5 nitrogen and oxygen atoms in total. The molecule has 1 heterocycles. The Morgan fingerprint density at radius 3 is 2.17 bits per heavy atom. The number of benzene rings is 1. The zero-order valence-electron chi connectivity index (χ0n) is 12.6. The highest BCUT2D eigenvalue weighted by Crippen LogP contribution is 2.29. The van der Waals surface area contributed by atoms with Crippen molar-refractivity contribution >= 4 is 5.97 Å². The maximum atomic E-state index is 12.5. The number of rotatable bonds is 5. The van der Waals surface area contributed by atoms with Gasteiger partial charge in [-0.3, -0.25) is 14.6 Å². The highest BCUT2D eigenvalue weighted by molar-refractivity contribution is 5.73. The normalized spacial score (nSPS) is 18.8. The van der Waals surface area contributed by atoms with Gasteiger partial charge in [0.25, 0.3) is 0 Å². The lowest BCUT2D eigenvalue weighted by Gasteiger charge is -2.37. The molecule has 1 atom stereocenters. The van der Waals surface area contributed by atoms with Crippen LogP contribution in [0.2, 0.25) is 0 Å². The SMILES string of the molecule is NCC(C(=O)O)N1CCN(Cc2ccc(C(F)(F)F)cc2)CC1. The maximum Gasteiger partial charge on any atom is 0.416 e. The zero-order valence-corrected chi connectivity index (χ0v) is 12.6. The van der Waals surface area contributed by atoms with Crippen LogP contribution in [0.1, 0.15) is 11.1 Å². The lowest BCUT2D eigenvalue weighted by molar-refractivity contribution is -0.143. The van der Waals surface area contributed by atoms with Gasteiger partial charge >= 0.3 is 12.1 Å². The Balaban J connectivity index is 1.88. The van der Waals surface area contributed by atoms with Crippen molar-refractivity contribution in [1.82, 2.24) is 9.80 Å². The van der Waals surface area contributed by atoms with Gasteiger partial charge in [-0.25, -0.2) is 0 Å². The average molecular weight is 331 g/mol. The van der Waals surface area contributed by atoms with Crippen LogP contribution in [0.3, 0.4) is 0 Å². The van der Waals surface area contributed by atoms with Crippen molar-refractivity contribution < 1.29 is 23.1 Å². The Labute approximate surface area is 132 Å². The van der Waals surface area contributed by atoms with E-state index in [9.17, 15) is 18.0 Å². The third kappa shape index (κ3) is 4.66. The minimum Gasteiger partial charge on any atom is -0.480 e. The predicted octanol–water partition coefficient (Wildman–Crippen LogP) is 1.23. The van der Waals surface area contributed by atoms with Gasteiger partial charge in [-0.05, 0) is 17.7 Å². The first kappa shape index (κ1) is 17.7. The largest absolute Gasteiger partial charge is 0.480 e. The predicted molar refractivity (Wildman–Crippen MR) is 78.8 cm³/mol. The van der Waals surface area contributed by atoms with Crippen molar-refractivity contribution in [3.8, 4) is 0 Å². The number of hydrogen-bond acceptors (Lipinski definition) is 4. The summed E-state index contributed by atoms with van der Waals surface area (Å²) in [6, 6.07) is 4.45. The van der Waals surface area contributed by atoms with Crippen molar-refractivity contribution in [2.75, 3.05) is 32.7 Å². The van der Waals surface area contributed by atoms with Crippen molar-refractivity contribution in [2.24, 2.45) is 5.73 Å². The summed E-state index contributed by atoms with van der Waals surface area (Å²) >= 11 is 0. The number of alkyl halides is 3. The van der Waals surface area contributed by atoms with E-state index in [1.165, 1.54) is 12.1 Å². The molecule has 2 rings (SSSR count). The van der Waals surface area contributed by atoms with Gasteiger partial charge in [0.2, 0.25) is 0 Å². The third-order valence-corrected chi connectivity index (χ3v) is 4.04. The molecule has 1 aliphatic rings. The van der Waals surface area contributed by atoms with Crippen LogP contribution in [0.4, 0.5) is 13.2 Å². The zero-order chi connectivity index (χ0) is 17.0. The molecular weight excluding hydrogens is 311 g/mol. The number of nitrogens with two attached hydrogens (primary N) is 1. The third-order valence-electron chi connectivity index (χ3n) is 4.04. The minimum atomic E-state index is -4.32. The van der Waals surface area contributed by atoms with Crippen molar-refractivity contribution in [1.29, 1.82) is 0 Å². The Kier molecular flexibility index (Phi) is 5.61. The second-order valence-electron chi connectivity index (χ2n) is 5.60. The molecule has 0 saturated carbocycles. The average Bonchev–Trinajstić information content (AvgIpc) is 2.49. The molecule has 1 saturated heterocycles. The Morgan fingerprint density at radius 1 is 1.17 bits per heavy atom. The number of piperazine rings is 1. The van der Waals surface area contributed by atoms with E-state index < -0.39 is 23.8 Å². The molecule has 3 N–H and O–H groups in total. The van der Waals surface area contributed by atoms with Gasteiger partial charge in [0.15, 0.2) is 0 Å². The fraction of sp³-hybridized carbons (Fsp3) is 0.533. The van der Waals surface area contributed by atoms with Gasteiger partial charge in [-0.15, -0.1) is 0 Å². The van der Waals surface area contributed by atoms with Crippen LogP contribution in [0.5, 0.6) is 0 Å². The summed E-state index contributed by atoms with van der Waals surface area (Å²) in [5.74, 6) is -0.927. The van der Waals surface area contributed by atoms with E-state index in [4.69, 9.17) is 10.8 Å². The van der Waals surface area contributed by atoms with E-state index in [1.54, 1.807) is 0 Å². The second kappa shape index (κ2) is 7.29. The van der Waals surface area contributed by atoms with E-state index in [0.717, 1.165) is 17.7 Å². The van der Waals surface area contributed by atoms with Crippen LogP contribution < -0.4 is 5.73 Å². The highest BCUT2D eigenvalue weighted by Gasteiger charge is 2.30. The molecule has 1 aromatic carbocycles. The van der Waals surface area contributed by atoms with Crippen LogP contribution in [0, 0.1) is 0 Å². The number of carbonyl (C=O) groups is 1. The molecule has 0 amide bonds. The van der Waals surface area contributed by atoms with Gasteiger partial charge in [0, 0.05) is 39.3 Å². The van der Waals surface area contributed by atoms with Crippen molar-refractivity contribution in [3.63, 3.8) is 0 Å². The monoisotopic (exact) mass is 331 g/mol. The summed E-state index contributed by atoms with van der Waals surface area (Å²) in [4.78, 5) is 15.0. The van der Waals surface area contributed by atoms with Crippen LogP contribution in [0.15, 0.2) is 24.3 Å². The summed E-state index contributed by atoms with van der Waals surface area (Å²) in [7, 11) is 0. The van der Waals surface area contributed by atoms with E-state index in [0.29, 0.717) is 32.7 Å². The smallest absolute Gasteiger partial charge is 0.416 e. The molecule has 8 heteroatoms. The van der Waals surface area contributed by atoms with Crippen LogP contribution in [0.25, 0.3) is 0 Å². The Hall–Kier alpha value is -1.64. The number of nitrogens with zero attached hydrogens (tertiary/aromatic N) is 2. The van der Waals surface area contributed by atoms with Gasteiger partial charge in [0.05, 0.1) is 5.56 Å². The van der Waals surface area contributed by atoms with Gasteiger partial charge in [-0.2, -0.15) is 13.2 Å². The van der Waals surface area contributed by atoms with Gasteiger partial charge in [0.1, 0.15) is 6.04 Å². The molecule has 0 aliphatic carbocycles. The Bertz CT molecular complexity index is 526. The number of halogens is 3. The lowest BCUT2D eigenvalue weighted by Crippen LogP contribution is -2.54.